The lowest BCUT2D eigenvalue weighted by Gasteiger charge is -2.08. The SMILES string of the molecule is COC(=O)C(Cl)Cc1cc(C)ccc1F. The molecule has 0 heterocycles. The van der Waals surface area contributed by atoms with Crippen LogP contribution in [-0.2, 0) is 16.0 Å². The number of hydrogen-bond donors (Lipinski definition) is 0. The summed E-state index contributed by atoms with van der Waals surface area (Å²) in [5.41, 5.74) is 1.36. The molecule has 0 aromatic heterocycles. The van der Waals surface area contributed by atoms with Crippen molar-refractivity contribution in [2.24, 2.45) is 0 Å². The number of carbonyl (C=O) groups excluding carboxylic acids is 1. The number of alkyl halides is 1. The molecule has 0 saturated heterocycles. The highest BCUT2D eigenvalue weighted by atomic mass is 35.5. The van der Waals surface area contributed by atoms with Gasteiger partial charge in [-0.05, 0) is 18.6 Å². The molecular formula is C11H12ClFO2. The van der Waals surface area contributed by atoms with Crippen LogP contribution in [-0.4, -0.2) is 18.5 Å². The minimum Gasteiger partial charge on any atom is -0.468 e. The van der Waals surface area contributed by atoms with Crippen LogP contribution in [0.2, 0.25) is 0 Å². The maximum Gasteiger partial charge on any atom is 0.324 e. The first-order valence-electron chi connectivity index (χ1n) is 4.51. The van der Waals surface area contributed by atoms with Gasteiger partial charge in [0.1, 0.15) is 11.2 Å². The van der Waals surface area contributed by atoms with Gasteiger partial charge in [0.15, 0.2) is 0 Å². The van der Waals surface area contributed by atoms with E-state index < -0.39 is 11.3 Å². The average molecular weight is 231 g/mol. The van der Waals surface area contributed by atoms with Crippen molar-refractivity contribution in [2.45, 2.75) is 18.7 Å². The molecule has 0 N–H and O–H groups in total. The number of methoxy groups -OCH3 is 1. The zero-order valence-electron chi connectivity index (χ0n) is 8.59. The van der Waals surface area contributed by atoms with Crippen molar-refractivity contribution in [3.05, 3.63) is 35.1 Å². The van der Waals surface area contributed by atoms with E-state index in [1.54, 1.807) is 12.1 Å². The summed E-state index contributed by atoms with van der Waals surface area (Å²) in [6.07, 6.45) is 0.141. The number of esters is 1. The van der Waals surface area contributed by atoms with E-state index >= 15 is 0 Å². The fourth-order valence-corrected chi connectivity index (χ4v) is 1.52. The number of aryl methyl sites for hydroxylation is 1. The Morgan fingerprint density at radius 1 is 1.60 bits per heavy atom. The molecular weight excluding hydrogens is 219 g/mol. The zero-order chi connectivity index (χ0) is 11.4. The van der Waals surface area contributed by atoms with Crippen molar-refractivity contribution in [3.8, 4) is 0 Å². The molecule has 15 heavy (non-hydrogen) atoms. The van der Waals surface area contributed by atoms with E-state index in [-0.39, 0.29) is 12.2 Å². The van der Waals surface area contributed by atoms with E-state index in [1.807, 2.05) is 6.92 Å². The van der Waals surface area contributed by atoms with Crippen LogP contribution in [0.25, 0.3) is 0 Å². The van der Waals surface area contributed by atoms with Crippen LogP contribution in [0.5, 0.6) is 0 Å². The molecule has 1 aromatic carbocycles. The number of halogens is 2. The number of rotatable bonds is 3. The Kier molecular flexibility index (Phi) is 4.09. The summed E-state index contributed by atoms with van der Waals surface area (Å²) in [7, 11) is 1.25. The van der Waals surface area contributed by atoms with Gasteiger partial charge in [-0.3, -0.25) is 4.79 Å². The standard InChI is InChI=1S/C11H12ClFO2/c1-7-3-4-10(13)8(5-7)6-9(12)11(14)15-2/h3-5,9H,6H2,1-2H3. The Labute approximate surface area is 93.0 Å². The lowest BCUT2D eigenvalue weighted by Crippen LogP contribution is -2.19. The Morgan fingerprint density at radius 2 is 2.27 bits per heavy atom. The maximum absolute atomic E-state index is 13.3. The number of carbonyl (C=O) groups is 1. The van der Waals surface area contributed by atoms with E-state index in [0.717, 1.165) is 5.56 Å². The Balaban J connectivity index is 2.80. The second-order valence-electron chi connectivity index (χ2n) is 3.29. The molecule has 1 unspecified atom stereocenters. The van der Waals surface area contributed by atoms with E-state index in [4.69, 9.17) is 11.6 Å². The number of hydrogen-bond acceptors (Lipinski definition) is 2. The van der Waals surface area contributed by atoms with Crippen LogP contribution in [0, 0.1) is 12.7 Å². The number of benzene rings is 1. The van der Waals surface area contributed by atoms with Crippen molar-refractivity contribution in [1.82, 2.24) is 0 Å². The van der Waals surface area contributed by atoms with E-state index in [0.29, 0.717) is 5.56 Å². The summed E-state index contributed by atoms with van der Waals surface area (Å²) >= 11 is 5.75. The van der Waals surface area contributed by atoms with Gasteiger partial charge in [-0.1, -0.05) is 17.7 Å². The van der Waals surface area contributed by atoms with Gasteiger partial charge < -0.3 is 4.74 Å². The molecule has 0 aliphatic heterocycles. The Morgan fingerprint density at radius 3 is 2.87 bits per heavy atom. The molecule has 1 aromatic rings. The predicted molar refractivity (Wildman–Crippen MR) is 56.5 cm³/mol. The third kappa shape index (κ3) is 3.20. The van der Waals surface area contributed by atoms with Gasteiger partial charge in [-0.2, -0.15) is 0 Å². The summed E-state index contributed by atoms with van der Waals surface area (Å²) in [4.78, 5) is 11.0. The van der Waals surface area contributed by atoms with Crippen LogP contribution in [0.3, 0.4) is 0 Å². The highest BCUT2D eigenvalue weighted by Gasteiger charge is 2.18. The topological polar surface area (TPSA) is 26.3 Å². The molecule has 0 radical (unpaired) electrons. The lowest BCUT2D eigenvalue weighted by atomic mass is 10.1. The maximum atomic E-state index is 13.3. The molecule has 1 atom stereocenters. The second kappa shape index (κ2) is 5.12. The monoisotopic (exact) mass is 230 g/mol. The highest BCUT2D eigenvalue weighted by Crippen LogP contribution is 2.15. The molecule has 0 aliphatic carbocycles. The van der Waals surface area contributed by atoms with Crippen LogP contribution < -0.4 is 0 Å². The smallest absolute Gasteiger partial charge is 0.324 e. The van der Waals surface area contributed by atoms with Gasteiger partial charge in [-0.25, -0.2) is 4.39 Å². The van der Waals surface area contributed by atoms with Crippen LogP contribution >= 0.6 is 11.6 Å². The van der Waals surface area contributed by atoms with Crippen molar-refractivity contribution in [1.29, 1.82) is 0 Å². The molecule has 82 valence electrons. The largest absolute Gasteiger partial charge is 0.468 e. The number of ether oxygens (including phenoxy) is 1. The fraction of sp³-hybridized carbons (Fsp3) is 0.364. The van der Waals surface area contributed by atoms with Gasteiger partial charge in [0.25, 0.3) is 0 Å². The minimum atomic E-state index is -0.841. The Hall–Kier alpha value is -1.09. The molecule has 0 fully saturated rings. The third-order valence-corrected chi connectivity index (χ3v) is 2.39. The molecule has 0 saturated carbocycles. The normalized spacial score (nSPS) is 12.3. The Bertz CT molecular complexity index is 366. The van der Waals surface area contributed by atoms with Crippen molar-refractivity contribution in [3.63, 3.8) is 0 Å². The first kappa shape index (κ1) is 12.0. The highest BCUT2D eigenvalue weighted by molar-refractivity contribution is 6.30. The first-order chi connectivity index (χ1) is 7.04. The van der Waals surface area contributed by atoms with Gasteiger partial charge in [0.05, 0.1) is 7.11 Å². The van der Waals surface area contributed by atoms with Crippen molar-refractivity contribution < 1.29 is 13.9 Å². The van der Waals surface area contributed by atoms with Crippen LogP contribution in [0.1, 0.15) is 11.1 Å². The molecule has 0 bridgehead atoms. The lowest BCUT2D eigenvalue weighted by molar-refractivity contribution is -0.140. The summed E-state index contributed by atoms with van der Waals surface area (Å²) in [6, 6.07) is 4.71. The third-order valence-electron chi connectivity index (χ3n) is 2.06. The molecule has 1 rings (SSSR count). The van der Waals surface area contributed by atoms with Crippen LogP contribution in [0.4, 0.5) is 4.39 Å². The van der Waals surface area contributed by atoms with Gasteiger partial charge in [0, 0.05) is 6.42 Å². The molecule has 4 heteroatoms. The molecule has 0 aliphatic rings. The quantitative estimate of drug-likeness (QED) is 0.589. The average Bonchev–Trinajstić information content (AvgIpc) is 2.22. The second-order valence-corrected chi connectivity index (χ2v) is 3.82. The molecule has 2 nitrogen and oxygen atoms in total. The minimum absolute atomic E-state index is 0.141. The summed E-state index contributed by atoms with van der Waals surface area (Å²) in [5.74, 6) is -0.896. The van der Waals surface area contributed by atoms with E-state index in [2.05, 4.69) is 4.74 Å². The van der Waals surface area contributed by atoms with Crippen molar-refractivity contribution >= 4 is 17.6 Å². The summed E-state index contributed by atoms with van der Waals surface area (Å²) in [6.45, 7) is 1.85. The van der Waals surface area contributed by atoms with Crippen LogP contribution in [0.15, 0.2) is 18.2 Å². The van der Waals surface area contributed by atoms with Gasteiger partial charge in [-0.15, -0.1) is 11.6 Å². The van der Waals surface area contributed by atoms with Gasteiger partial charge >= 0.3 is 5.97 Å². The predicted octanol–water partition coefficient (Wildman–Crippen LogP) is 2.46. The first-order valence-corrected chi connectivity index (χ1v) is 4.95. The van der Waals surface area contributed by atoms with E-state index in [9.17, 15) is 9.18 Å². The van der Waals surface area contributed by atoms with Crippen molar-refractivity contribution in [2.75, 3.05) is 7.11 Å². The van der Waals surface area contributed by atoms with Gasteiger partial charge in [0.2, 0.25) is 0 Å². The zero-order valence-corrected chi connectivity index (χ0v) is 9.34. The van der Waals surface area contributed by atoms with E-state index in [1.165, 1.54) is 13.2 Å². The molecule has 0 spiro atoms. The summed E-state index contributed by atoms with van der Waals surface area (Å²) in [5, 5.41) is -0.841. The summed E-state index contributed by atoms with van der Waals surface area (Å²) < 4.78 is 17.7. The fourth-order valence-electron chi connectivity index (χ4n) is 1.26. The molecule has 0 amide bonds.